The number of carbonyl (C=O) groups excluding carboxylic acids is 1. The monoisotopic (exact) mass is 346 g/mol. The first kappa shape index (κ1) is 17.1. The van der Waals surface area contributed by atoms with Gasteiger partial charge in [0, 0.05) is 43.8 Å². The highest BCUT2D eigenvalue weighted by Gasteiger charge is 2.22. The molecule has 0 N–H and O–H groups in total. The molecule has 1 aliphatic rings. The van der Waals surface area contributed by atoms with Crippen molar-refractivity contribution in [3.8, 4) is 0 Å². The van der Waals surface area contributed by atoms with E-state index >= 15 is 0 Å². The van der Waals surface area contributed by atoms with Gasteiger partial charge in [-0.05, 0) is 42.7 Å². The first-order chi connectivity index (χ1) is 11.6. The maximum Gasteiger partial charge on any atom is 0.354 e. The van der Waals surface area contributed by atoms with Crippen molar-refractivity contribution >= 4 is 17.6 Å². The summed E-state index contributed by atoms with van der Waals surface area (Å²) in [5.74, 6) is -0.230. The molecule has 0 saturated heterocycles. The number of hydrogen-bond donors (Lipinski definition) is 0. The highest BCUT2D eigenvalue weighted by molar-refractivity contribution is 6.30. The van der Waals surface area contributed by atoms with E-state index in [-0.39, 0.29) is 5.97 Å². The van der Waals surface area contributed by atoms with E-state index in [9.17, 15) is 4.79 Å². The standard InChI is InChI=1S/C19H23ClN2O2/c1-3-24-19(23)18-12-15-8-10-22(11-9-17(15)21(18)2)13-14-4-6-16(20)7-5-14/h4-7,12H,3,8-11,13H2,1-2H3. The molecule has 1 aliphatic heterocycles. The molecule has 2 heterocycles. The summed E-state index contributed by atoms with van der Waals surface area (Å²) in [6, 6.07) is 10.0. The number of hydrogen-bond acceptors (Lipinski definition) is 3. The Hall–Kier alpha value is -1.78. The molecule has 1 aromatic carbocycles. The van der Waals surface area contributed by atoms with Crippen molar-refractivity contribution in [1.29, 1.82) is 0 Å². The van der Waals surface area contributed by atoms with Crippen molar-refractivity contribution in [2.75, 3.05) is 19.7 Å². The molecule has 0 amide bonds. The molecule has 0 atom stereocenters. The van der Waals surface area contributed by atoms with E-state index in [0.717, 1.165) is 37.5 Å². The second kappa shape index (κ2) is 7.41. The lowest BCUT2D eigenvalue weighted by molar-refractivity contribution is 0.0515. The van der Waals surface area contributed by atoms with E-state index in [0.29, 0.717) is 12.3 Å². The Morgan fingerprint density at radius 3 is 2.62 bits per heavy atom. The van der Waals surface area contributed by atoms with Crippen LogP contribution in [0.4, 0.5) is 0 Å². The Bertz CT molecular complexity index is 722. The van der Waals surface area contributed by atoms with Gasteiger partial charge in [-0.25, -0.2) is 4.79 Å². The van der Waals surface area contributed by atoms with Crippen LogP contribution in [0.15, 0.2) is 30.3 Å². The van der Waals surface area contributed by atoms with E-state index in [4.69, 9.17) is 16.3 Å². The molecule has 0 aliphatic carbocycles. The van der Waals surface area contributed by atoms with E-state index in [1.807, 2.05) is 36.7 Å². The number of halogens is 1. The molecule has 0 radical (unpaired) electrons. The predicted octanol–water partition coefficient (Wildman–Crippen LogP) is 3.46. The van der Waals surface area contributed by atoms with Crippen molar-refractivity contribution in [3.05, 3.63) is 57.9 Å². The zero-order valence-electron chi connectivity index (χ0n) is 14.2. The number of nitrogens with zero attached hydrogens (tertiary/aromatic N) is 2. The molecular weight excluding hydrogens is 324 g/mol. The van der Waals surface area contributed by atoms with E-state index < -0.39 is 0 Å². The van der Waals surface area contributed by atoms with Gasteiger partial charge in [-0.15, -0.1) is 0 Å². The average Bonchev–Trinajstić information content (AvgIpc) is 2.75. The minimum absolute atomic E-state index is 0.230. The lowest BCUT2D eigenvalue weighted by Gasteiger charge is -2.20. The molecule has 4 nitrogen and oxygen atoms in total. The Balaban J connectivity index is 1.69. The van der Waals surface area contributed by atoms with Crippen LogP contribution in [-0.2, 0) is 31.2 Å². The van der Waals surface area contributed by atoms with Crippen LogP contribution in [0.2, 0.25) is 5.02 Å². The van der Waals surface area contributed by atoms with Crippen LogP contribution in [0.1, 0.15) is 34.2 Å². The van der Waals surface area contributed by atoms with Gasteiger partial charge in [0.25, 0.3) is 0 Å². The third kappa shape index (κ3) is 3.65. The van der Waals surface area contributed by atoms with Crippen molar-refractivity contribution in [2.24, 2.45) is 7.05 Å². The van der Waals surface area contributed by atoms with Crippen LogP contribution in [0, 0.1) is 0 Å². The predicted molar refractivity (Wildman–Crippen MR) is 95.5 cm³/mol. The Labute approximate surface area is 148 Å². The van der Waals surface area contributed by atoms with Gasteiger partial charge in [0.2, 0.25) is 0 Å². The molecule has 0 saturated carbocycles. The van der Waals surface area contributed by atoms with Crippen LogP contribution in [-0.4, -0.2) is 35.1 Å². The van der Waals surface area contributed by atoms with Gasteiger partial charge in [-0.1, -0.05) is 23.7 Å². The number of carbonyl (C=O) groups is 1. The number of rotatable bonds is 4. The molecular formula is C19H23ClN2O2. The van der Waals surface area contributed by atoms with Crippen LogP contribution < -0.4 is 0 Å². The molecule has 0 fully saturated rings. The van der Waals surface area contributed by atoms with Crippen LogP contribution >= 0.6 is 11.6 Å². The number of benzene rings is 1. The highest BCUT2D eigenvalue weighted by atomic mass is 35.5. The summed E-state index contributed by atoms with van der Waals surface area (Å²) < 4.78 is 7.15. The van der Waals surface area contributed by atoms with Crippen LogP contribution in [0.3, 0.4) is 0 Å². The second-order valence-electron chi connectivity index (χ2n) is 6.18. The summed E-state index contributed by atoms with van der Waals surface area (Å²) >= 11 is 5.95. The SMILES string of the molecule is CCOC(=O)c1cc2c(n1C)CCN(Cc1ccc(Cl)cc1)CC2. The normalized spacial score (nSPS) is 15.0. The second-order valence-corrected chi connectivity index (χ2v) is 6.62. The minimum atomic E-state index is -0.230. The summed E-state index contributed by atoms with van der Waals surface area (Å²) in [4.78, 5) is 14.5. The zero-order chi connectivity index (χ0) is 17.1. The maximum atomic E-state index is 12.0. The first-order valence-corrected chi connectivity index (χ1v) is 8.77. The van der Waals surface area contributed by atoms with Crippen molar-refractivity contribution in [1.82, 2.24) is 9.47 Å². The maximum absolute atomic E-state index is 12.0. The number of esters is 1. The molecule has 3 rings (SSSR count). The molecule has 2 aromatic rings. The summed E-state index contributed by atoms with van der Waals surface area (Å²) in [6.07, 6.45) is 1.90. The van der Waals surface area contributed by atoms with Crippen molar-refractivity contribution in [2.45, 2.75) is 26.3 Å². The molecule has 5 heteroatoms. The molecule has 1 aromatic heterocycles. The summed E-state index contributed by atoms with van der Waals surface area (Å²) in [6.45, 7) is 5.14. The lowest BCUT2D eigenvalue weighted by Crippen LogP contribution is -2.26. The van der Waals surface area contributed by atoms with Gasteiger partial charge in [0.15, 0.2) is 0 Å². The lowest BCUT2D eigenvalue weighted by atomic mass is 10.1. The van der Waals surface area contributed by atoms with E-state index in [2.05, 4.69) is 17.0 Å². The summed E-state index contributed by atoms with van der Waals surface area (Å²) in [5, 5.41) is 0.772. The quantitative estimate of drug-likeness (QED) is 0.795. The fourth-order valence-electron chi connectivity index (χ4n) is 3.31. The summed E-state index contributed by atoms with van der Waals surface area (Å²) in [7, 11) is 1.96. The van der Waals surface area contributed by atoms with Crippen LogP contribution in [0.5, 0.6) is 0 Å². The Morgan fingerprint density at radius 1 is 1.21 bits per heavy atom. The van der Waals surface area contributed by atoms with Crippen LogP contribution in [0.25, 0.3) is 0 Å². The topological polar surface area (TPSA) is 34.5 Å². The Kier molecular flexibility index (Phi) is 5.27. The van der Waals surface area contributed by atoms with E-state index in [1.165, 1.54) is 16.8 Å². The fraction of sp³-hybridized carbons (Fsp3) is 0.421. The molecule has 24 heavy (non-hydrogen) atoms. The highest BCUT2D eigenvalue weighted by Crippen LogP contribution is 2.22. The number of aromatic nitrogens is 1. The molecule has 0 bridgehead atoms. The molecule has 0 unspecified atom stereocenters. The number of ether oxygens (including phenoxy) is 1. The zero-order valence-corrected chi connectivity index (χ0v) is 15.0. The van der Waals surface area contributed by atoms with Gasteiger partial charge in [-0.3, -0.25) is 4.90 Å². The van der Waals surface area contributed by atoms with Gasteiger partial charge in [0.1, 0.15) is 5.69 Å². The van der Waals surface area contributed by atoms with Gasteiger partial charge in [0.05, 0.1) is 6.61 Å². The molecule has 128 valence electrons. The van der Waals surface area contributed by atoms with Gasteiger partial charge < -0.3 is 9.30 Å². The molecule has 0 spiro atoms. The van der Waals surface area contributed by atoms with E-state index in [1.54, 1.807) is 0 Å². The van der Waals surface area contributed by atoms with Gasteiger partial charge >= 0.3 is 5.97 Å². The first-order valence-electron chi connectivity index (χ1n) is 8.40. The smallest absolute Gasteiger partial charge is 0.354 e. The minimum Gasteiger partial charge on any atom is -0.461 e. The Morgan fingerprint density at radius 2 is 1.92 bits per heavy atom. The van der Waals surface area contributed by atoms with Crippen molar-refractivity contribution in [3.63, 3.8) is 0 Å². The number of fused-ring (bicyclic) bond motifs is 1. The van der Waals surface area contributed by atoms with Gasteiger partial charge in [-0.2, -0.15) is 0 Å². The largest absolute Gasteiger partial charge is 0.461 e. The van der Waals surface area contributed by atoms with Crippen molar-refractivity contribution < 1.29 is 9.53 Å². The average molecular weight is 347 g/mol. The third-order valence-corrected chi connectivity index (χ3v) is 4.87. The summed E-state index contributed by atoms with van der Waals surface area (Å²) in [5.41, 5.74) is 4.45. The fourth-order valence-corrected chi connectivity index (χ4v) is 3.44. The third-order valence-electron chi connectivity index (χ3n) is 4.61.